The molecule has 0 saturated carbocycles. The average molecular weight is 374 g/mol. The molecule has 1 aliphatic rings. The monoisotopic (exact) mass is 373 g/mol. The molecule has 5 rings (SSSR count). The van der Waals surface area contributed by atoms with Crippen molar-refractivity contribution in [1.29, 1.82) is 0 Å². The first-order chi connectivity index (χ1) is 13.2. The molecule has 0 bridgehead atoms. The lowest BCUT2D eigenvalue weighted by Gasteiger charge is -2.30. The van der Waals surface area contributed by atoms with Gasteiger partial charge in [-0.3, -0.25) is 9.36 Å². The summed E-state index contributed by atoms with van der Waals surface area (Å²) in [6, 6.07) is 23.4. The van der Waals surface area contributed by atoms with E-state index in [1.54, 1.807) is 4.90 Å². The minimum Gasteiger partial charge on any atom is -0.302 e. The van der Waals surface area contributed by atoms with Gasteiger partial charge in [0.2, 0.25) is 5.91 Å². The number of para-hydroxylation sites is 2. The largest absolute Gasteiger partial charge is 0.302 e. The van der Waals surface area contributed by atoms with Crippen LogP contribution in [0.4, 0.5) is 5.69 Å². The van der Waals surface area contributed by atoms with E-state index >= 15 is 0 Å². The van der Waals surface area contributed by atoms with Gasteiger partial charge in [0.25, 0.3) is 0 Å². The van der Waals surface area contributed by atoms with Crippen molar-refractivity contribution in [2.45, 2.75) is 13.0 Å². The van der Waals surface area contributed by atoms with Crippen LogP contribution in [-0.2, 0) is 17.8 Å². The summed E-state index contributed by atoms with van der Waals surface area (Å²) in [4.78, 5) is 19.6. The molecule has 0 saturated heterocycles. The highest BCUT2D eigenvalue weighted by atomic mass is 35.5. The summed E-state index contributed by atoms with van der Waals surface area (Å²) in [6.45, 7) is 0.439. The summed E-state index contributed by atoms with van der Waals surface area (Å²) < 4.78 is 2.10. The Morgan fingerprint density at radius 1 is 0.963 bits per heavy atom. The number of hydrogen-bond donors (Lipinski definition) is 0. The molecule has 5 heteroatoms. The predicted molar refractivity (Wildman–Crippen MR) is 107 cm³/mol. The minimum absolute atomic E-state index is 0.0445. The van der Waals surface area contributed by atoms with Crippen LogP contribution in [0.1, 0.15) is 11.4 Å². The second-order valence-corrected chi connectivity index (χ2v) is 7.06. The highest BCUT2D eigenvalue weighted by molar-refractivity contribution is 6.31. The molecule has 0 fully saturated rings. The summed E-state index contributed by atoms with van der Waals surface area (Å²) >= 11 is 6.28. The third-order valence-electron chi connectivity index (χ3n) is 4.90. The molecule has 0 aliphatic carbocycles. The first kappa shape index (κ1) is 16.1. The van der Waals surface area contributed by atoms with Crippen LogP contribution in [0.2, 0.25) is 5.02 Å². The van der Waals surface area contributed by atoms with Gasteiger partial charge in [-0.1, -0.05) is 54.1 Å². The number of carbonyl (C=O) groups is 1. The fourth-order valence-electron chi connectivity index (χ4n) is 3.67. The van der Waals surface area contributed by atoms with Crippen molar-refractivity contribution in [1.82, 2.24) is 9.55 Å². The molecule has 3 aromatic carbocycles. The molecule has 0 spiro atoms. The zero-order valence-electron chi connectivity index (χ0n) is 14.5. The standard InChI is InChI=1S/C22H16ClN3O/c23-16-10-11-19-20(13-16)26-18-9-5-4-8-17(18)24-21(26)14-25(19)22(27)12-15-6-2-1-3-7-15/h1-11,13H,12,14H2. The van der Waals surface area contributed by atoms with Gasteiger partial charge in [-0.15, -0.1) is 0 Å². The van der Waals surface area contributed by atoms with E-state index in [-0.39, 0.29) is 5.91 Å². The van der Waals surface area contributed by atoms with Crippen LogP contribution in [0.15, 0.2) is 72.8 Å². The van der Waals surface area contributed by atoms with Gasteiger partial charge in [-0.05, 0) is 35.9 Å². The molecular formula is C22H16ClN3O. The maximum Gasteiger partial charge on any atom is 0.231 e. The number of nitrogens with zero attached hydrogens (tertiary/aromatic N) is 3. The van der Waals surface area contributed by atoms with Crippen LogP contribution in [0.3, 0.4) is 0 Å². The van der Waals surface area contributed by atoms with Crippen LogP contribution < -0.4 is 4.90 Å². The van der Waals surface area contributed by atoms with Crippen molar-refractivity contribution in [3.05, 3.63) is 89.2 Å². The molecular weight excluding hydrogens is 358 g/mol. The second-order valence-electron chi connectivity index (χ2n) is 6.63. The molecule has 132 valence electrons. The third kappa shape index (κ3) is 2.69. The topological polar surface area (TPSA) is 38.1 Å². The molecule has 2 heterocycles. The first-order valence-corrected chi connectivity index (χ1v) is 9.19. The zero-order chi connectivity index (χ0) is 18.4. The Bertz CT molecular complexity index is 1170. The maximum atomic E-state index is 13.1. The minimum atomic E-state index is 0.0445. The van der Waals surface area contributed by atoms with Crippen molar-refractivity contribution >= 4 is 34.2 Å². The lowest BCUT2D eigenvalue weighted by molar-refractivity contribution is -0.118. The lowest BCUT2D eigenvalue weighted by Crippen LogP contribution is -2.36. The fraction of sp³-hybridized carbons (Fsp3) is 0.0909. The van der Waals surface area contributed by atoms with Crippen molar-refractivity contribution in [3.8, 4) is 5.69 Å². The number of benzene rings is 3. The number of amides is 1. The summed E-state index contributed by atoms with van der Waals surface area (Å²) in [5, 5.41) is 0.634. The smallest absolute Gasteiger partial charge is 0.231 e. The lowest BCUT2D eigenvalue weighted by atomic mass is 10.1. The van der Waals surface area contributed by atoms with Crippen LogP contribution in [0.25, 0.3) is 16.7 Å². The van der Waals surface area contributed by atoms with E-state index < -0.39 is 0 Å². The Morgan fingerprint density at radius 3 is 2.59 bits per heavy atom. The average Bonchev–Trinajstić information content (AvgIpc) is 3.06. The Balaban J connectivity index is 1.63. The quantitative estimate of drug-likeness (QED) is 0.507. The molecule has 1 aliphatic heterocycles. The van der Waals surface area contributed by atoms with E-state index in [4.69, 9.17) is 16.6 Å². The van der Waals surface area contributed by atoms with Gasteiger partial charge >= 0.3 is 0 Å². The number of anilines is 1. The van der Waals surface area contributed by atoms with Gasteiger partial charge in [-0.2, -0.15) is 0 Å². The zero-order valence-corrected chi connectivity index (χ0v) is 15.2. The molecule has 0 radical (unpaired) electrons. The number of rotatable bonds is 2. The molecule has 4 nitrogen and oxygen atoms in total. The number of fused-ring (bicyclic) bond motifs is 5. The number of halogens is 1. The number of imidazole rings is 1. The van der Waals surface area contributed by atoms with E-state index in [1.807, 2.05) is 72.8 Å². The van der Waals surface area contributed by atoms with E-state index in [2.05, 4.69) is 4.57 Å². The van der Waals surface area contributed by atoms with E-state index in [1.165, 1.54) is 0 Å². The van der Waals surface area contributed by atoms with Crippen molar-refractivity contribution in [3.63, 3.8) is 0 Å². The van der Waals surface area contributed by atoms with Gasteiger partial charge in [0, 0.05) is 5.02 Å². The van der Waals surface area contributed by atoms with Crippen LogP contribution in [0, 0.1) is 0 Å². The van der Waals surface area contributed by atoms with Crippen molar-refractivity contribution in [2.75, 3.05) is 4.90 Å². The fourth-order valence-corrected chi connectivity index (χ4v) is 3.84. The van der Waals surface area contributed by atoms with Crippen LogP contribution in [0.5, 0.6) is 0 Å². The molecule has 1 amide bonds. The SMILES string of the molecule is O=C(Cc1ccccc1)N1Cc2nc3ccccc3n2-c2cc(Cl)ccc21. The van der Waals surface area contributed by atoms with Gasteiger partial charge in [0.1, 0.15) is 5.82 Å². The molecule has 0 unspecified atom stereocenters. The van der Waals surface area contributed by atoms with Crippen LogP contribution in [-0.4, -0.2) is 15.5 Å². The third-order valence-corrected chi connectivity index (χ3v) is 5.13. The van der Waals surface area contributed by atoms with Crippen LogP contribution >= 0.6 is 11.6 Å². The summed E-state index contributed by atoms with van der Waals surface area (Å²) in [6.07, 6.45) is 0.350. The number of hydrogen-bond acceptors (Lipinski definition) is 2. The van der Waals surface area contributed by atoms with E-state index in [9.17, 15) is 4.79 Å². The molecule has 0 N–H and O–H groups in total. The second kappa shape index (κ2) is 6.25. The number of aromatic nitrogens is 2. The van der Waals surface area contributed by atoms with Gasteiger partial charge in [-0.25, -0.2) is 4.98 Å². The molecule has 27 heavy (non-hydrogen) atoms. The summed E-state index contributed by atoms with van der Waals surface area (Å²) in [5.74, 6) is 0.885. The first-order valence-electron chi connectivity index (χ1n) is 8.81. The molecule has 4 aromatic rings. The normalized spacial score (nSPS) is 12.7. The molecule has 1 aromatic heterocycles. The van der Waals surface area contributed by atoms with E-state index in [0.29, 0.717) is 18.0 Å². The Hall–Kier alpha value is -3.11. The van der Waals surface area contributed by atoms with Crippen molar-refractivity contribution < 1.29 is 4.79 Å². The Labute approximate surface area is 161 Å². The van der Waals surface area contributed by atoms with Gasteiger partial charge in [0.05, 0.1) is 35.4 Å². The molecule has 0 atom stereocenters. The maximum absolute atomic E-state index is 13.1. The Kier molecular flexibility index (Phi) is 3.73. The summed E-state index contributed by atoms with van der Waals surface area (Å²) in [7, 11) is 0. The van der Waals surface area contributed by atoms with Gasteiger partial charge in [0.15, 0.2) is 0 Å². The van der Waals surface area contributed by atoms with Gasteiger partial charge < -0.3 is 4.90 Å². The Morgan fingerprint density at radius 2 is 1.74 bits per heavy atom. The van der Waals surface area contributed by atoms with E-state index in [0.717, 1.165) is 33.8 Å². The summed E-state index contributed by atoms with van der Waals surface area (Å²) in [5.41, 5.74) is 4.67. The highest BCUT2D eigenvalue weighted by Gasteiger charge is 2.29. The highest BCUT2D eigenvalue weighted by Crippen LogP contribution is 2.36. The predicted octanol–water partition coefficient (Wildman–Crippen LogP) is 4.77. The van der Waals surface area contributed by atoms with Crippen molar-refractivity contribution in [2.24, 2.45) is 0 Å². The number of carbonyl (C=O) groups excluding carboxylic acids is 1.